The Morgan fingerprint density at radius 1 is 0.865 bits per heavy atom. The molecule has 0 aliphatic rings. The van der Waals surface area contributed by atoms with Crippen LogP contribution in [0.1, 0.15) is 21.0 Å². The van der Waals surface area contributed by atoms with Gasteiger partial charge >= 0.3 is 0 Å². The highest BCUT2D eigenvalue weighted by molar-refractivity contribution is 7.86. The van der Waals surface area contributed by atoms with Crippen LogP contribution in [0.5, 0.6) is 0 Å². The highest BCUT2D eigenvalue weighted by atomic mass is 32.2. The van der Waals surface area contributed by atoms with Crippen LogP contribution in [0, 0.1) is 0 Å². The van der Waals surface area contributed by atoms with E-state index in [0.717, 1.165) is 6.07 Å². The fourth-order valence-corrected chi connectivity index (χ4v) is 5.04. The van der Waals surface area contributed by atoms with Crippen LogP contribution >= 0.6 is 0 Å². The number of fused-ring (bicyclic) bond motifs is 1. The SMILES string of the molecule is Cn1cc(NC(=O)c2cc(N)nn2C)cc1C(=O)Nc1ccc2cc(S(=O)(=O)O)cc(S(=O)(=O)O)c2c1. The van der Waals surface area contributed by atoms with Crippen molar-refractivity contribution >= 4 is 60.0 Å². The van der Waals surface area contributed by atoms with Gasteiger partial charge in [0.15, 0.2) is 0 Å². The number of nitrogens with zero attached hydrogens (tertiary/aromatic N) is 3. The topological polar surface area (TPSA) is 216 Å². The van der Waals surface area contributed by atoms with E-state index < -0.39 is 41.8 Å². The summed E-state index contributed by atoms with van der Waals surface area (Å²) in [4.78, 5) is 23.9. The molecule has 16 heteroatoms. The maximum atomic E-state index is 12.9. The largest absolute Gasteiger partial charge is 0.382 e. The average Bonchev–Trinajstić information content (AvgIpc) is 3.32. The van der Waals surface area contributed by atoms with Gasteiger partial charge in [0, 0.05) is 37.4 Å². The lowest BCUT2D eigenvalue weighted by molar-refractivity contribution is 0.100. The number of nitrogens with one attached hydrogen (secondary N) is 2. The number of aromatic nitrogens is 3. The summed E-state index contributed by atoms with van der Waals surface area (Å²) < 4.78 is 68.4. The molecule has 0 atom stereocenters. The van der Waals surface area contributed by atoms with E-state index >= 15 is 0 Å². The van der Waals surface area contributed by atoms with Gasteiger partial charge in [0.25, 0.3) is 32.1 Å². The minimum Gasteiger partial charge on any atom is -0.382 e. The lowest BCUT2D eigenvalue weighted by Gasteiger charge is -2.10. The highest BCUT2D eigenvalue weighted by Crippen LogP contribution is 2.30. The summed E-state index contributed by atoms with van der Waals surface area (Å²) in [6, 6.07) is 8.35. The van der Waals surface area contributed by atoms with Crippen LogP contribution in [-0.2, 0) is 34.3 Å². The summed E-state index contributed by atoms with van der Waals surface area (Å²) in [6.45, 7) is 0. The first kappa shape index (κ1) is 25.8. The van der Waals surface area contributed by atoms with Gasteiger partial charge in [-0.3, -0.25) is 23.4 Å². The van der Waals surface area contributed by atoms with E-state index in [2.05, 4.69) is 15.7 Å². The van der Waals surface area contributed by atoms with Crippen molar-refractivity contribution in [2.75, 3.05) is 16.4 Å². The van der Waals surface area contributed by atoms with Gasteiger partial charge in [-0.15, -0.1) is 0 Å². The molecule has 0 saturated carbocycles. The molecule has 0 aliphatic carbocycles. The van der Waals surface area contributed by atoms with Gasteiger partial charge in [-0.05, 0) is 35.7 Å². The molecule has 6 N–H and O–H groups in total. The summed E-state index contributed by atoms with van der Waals surface area (Å²) in [5, 5.41) is 9.09. The number of hydrogen-bond donors (Lipinski definition) is 5. The van der Waals surface area contributed by atoms with Gasteiger partial charge < -0.3 is 20.9 Å². The molecule has 2 amide bonds. The van der Waals surface area contributed by atoms with Gasteiger partial charge in [0.05, 0.1) is 10.6 Å². The van der Waals surface area contributed by atoms with Crippen molar-refractivity contribution in [3.63, 3.8) is 0 Å². The van der Waals surface area contributed by atoms with E-state index in [1.54, 1.807) is 14.1 Å². The van der Waals surface area contributed by atoms with Gasteiger partial charge in [0.1, 0.15) is 22.1 Å². The zero-order chi connectivity index (χ0) is 27.3. The maximum absolute atomic E-state index is 12.9. The fraction of sp³-hybridized carbons (Fsp3) is 0.0952. The van der Waals surface area contributed by atoms with Gasteiger partial charge in [-0.25, -0.2) is 0 Å². The Kier molecular flexibility index (Phi) is 6.28. The van der Waals surface area contributed by atoms with Crippen LogP contribution in [0.15, 0.2) is 58.5 Å². The van der Waals surface area contributed by atoms with Gasteiger partial charge in [0.2, 0.25) is 0 Å². The van der Waals surface area contributed by atoms with Crippen molar-refractivity contribution in [2.24, 2.45) is 14.1 Å². The Hall–Kier alpha value is -4.25. The van der Waals surface area contributed by atoms with Crippen LogP contribution in [0.25, 0.3) is 10.8 Å². The van der Waals surface area contributed by atoms with E-state index in [4.69, 9.17) is 5.73 Å². The number of nitrogens with two attached hydrogens (primary N) is 1. The van der Waals surface area contributed by atoms with Gasteiger partial charge in [-0.2, -0.15) is 21.9 Å². The van der Waals surface area contributed by atoms with E-state index in [1.807, 2.05) is 0 Å². The number of rotatable bonds is 6. The molecule has 194 valence electrons. The molecule has 0 bridgehead atoms. The average molecular weight is 549 g/mol. The van der Waals surface area contributed by atoms with E-state index in [0.29, 0.717) is 11.8 Å². The number of benzene rings is 2. The molecule has 0 spiro atoms. The monoisotopic (exact) mass is 548 g/mol. The molecule has 2 heterocycles. The Labute approximate surface area is 210 Å². The zero-order valence-electron chi connectivity index (χ0n) is 19.2. The van der Waals surface area contributed by atoms with E-state index in [9.17, 15) is 35.5 Å². The molecule has 4 aromatic rings. The van der Waals surface area contributed by atoms with Crippen LogP contribution in [-0.4, -0.2) is 52.1 Å². The van der Waals surface area contributed by atoms with Crippen LogP contribution < -0.4 is 16.4 Å². The molecule has 0 radical (unpaired) electrons. The van der Waals surface area contributed by atoms with Crippen LogP contribution in [0.3, 0.4) is 0 Å². The minimum absolute atomic E-state index is 0.0698. The number of aryl methyl sites for hydroxylation is 2. The standard InChI is InChI=1S/C21H20N6O8S2/c1-26-10-13(24-21(29)17-9-19(22)25-27(17)2)7-16(26)20(28)23-12-4-3-11-5-14(36(30,31)32)8-18(15(11)6-12)37(33,34)35/h3-10H,1-2H3,(H2,22,25)(H,23,28)(H,24,29)(H,30,31,32)(H,33,34,35). The predicted octanol–water partition coefficient (Wildman–Crippen LogP) is 1.49. The van der Waals surface area contributed by atoms with Crippen molar-refractivity contribution in [3.05, 3.63) is 60.0 Å². The first-order valence-corrected chi connectivity index (χ1v) is 13.1. The summed E-state index contributed by atoms with van der Waals surface area (Å²) in [7, 11) is -6.54. The second-order valence-electron chi connectivity index (χ2n) is 8.02. The Morgan fingerprint density at radius 2 is 1.51 bits per heavy atom. The number of carbonyl (C=O) groups excluding carboxylic acids is 2. The van der Waals surface area contributed by atoms with Crippen molar-refractivity contribution in [2.45, 2.75) is 9.79 Å². The molecular formula is C21H20N6O8S2. The van der Waals surface area contributed by atoms with E-state index in [1.165, 1.54) is 45.8 Å². The van der Waals surface area contributed by atoms with Crippen molar-refractivity contribution in [1.82, 2.24) is 14.3 Å². The highest BCUT2D eigenvalue weighted by Gasteiger charge is 2.22. The first-order chi connectivity index (χ1) is 17.1. The molecule has 14 nitrogen and oxygen atoms in total. The lowest BCUT2D eigenvalue weighted by Crippen LogP contribution is -2.16. The second kappa shape index (κ2) is 9.00. The molecular weight excluding hydrogens is 528 g/mol. The third kappa shape index (κ3) is 5.31. The molecule has 37 heavy (non-hydrogen) atoms. The Bertz CT molecular complexity index is 1810. The minimum atomic E-state index is -4.90. The quantitative estimate of drug-likeness (QED) is 0.219. The Morgan fingerprint density at radius 3 is 2.11 bits per heavy atom. The van der Waals surface area contributed by atoms with E-state index in [-0.39, 0.29) is 33.7 Å². The number of carbonyl (C=O) groups is 2. The maximum Gasteiger partial charge on any atom is 0.295 e. The van der Waals surface area contributed by atoms with Crippen LogP contribution in [0.4, 0.5) is 17.2 Å². The predicted molar refractivity (Wildman–Crippen MR) is 133 cm³/mol. The van der Waals surface area contributed by atoms with Crippen molar-refractivity contribution in [3.8, 4) is 0 Å². The normalized spacial score (nSPS) is 12.0. The van der Waals surface area contributed by atoms with Gasteiger partial charge in [-0.1, -0.05) is 6.07 Å². The Balaban J connectivity index is 1.63. The number of amides is 2. The third-order valence-electron chi connectivity index (χ3n) is 5.35. The van der Waals surface area contributed by atoms with Crippen molar-refractivity contribution < 1.29 is 35.5 Å². The smallest absolute Gasteiger partial charge is 0.295 e. The molecule has 0 unspecified atom stereocenters. The molecule has 2 aromatic carbocycles. The number of nitrogen functional groups attached to an aromatic ring is 1. The molecule has 4 rings (SSSR count). The summed E-state index contributed by atoms with van der Waals surface area (Å²) >= 11 is 0. The summed E-state index contributed by atoms with van der Waals surface area (Å²) in [6.07, 6.45) is 1.50. The molecule has 0 fully saturated rings. The first-order valence-electron chi connectivity index (χ1n) is 10.2. The molecule has 0 aliphatic heterocycles. The zero-order valence-corrected chi connectivity index (χ0v) is 20.8. The number of anilines is 3. The number of hydrogen-bond acceptors (Lipinski definition) is 8. The third-order valence-corrected chi connectivity index (χ3v) is 7.08. The van der Waals surface area contributed by atoms with Crippen molar-refractivity contribution in [1.29, 1.82) is 0 Å². The summed E-state index contributed by atoms with van der Waals surface area (Å²) in [5.41, 5.74) is 6.36. The lowest BCUT2D eigenvalue weighted by atomic mass is 10.1. The second-order valence-corrected chi connectivity index (χ2v) is 10.8. The fourth-order valence-electron chi connectivity index (χ4n) is 3.69. The molecule has 2 aromatic heterocycles. The summed E-state index contributed by atoms with van der Waals surface area (Å²) in [5.74, 6) is -0.946. The molecule has 0 saturated heterocycles. The van der Waals surface area contributed by atoms with Crippen LogP contribution in [0.2, 0.25) is 0 Å².